The smallest absolute Gasteiger partial charge is 0.224 e. The molecule has 0 saturated carbocycles. The quantitative estimate of drug-likeness (QED) is 0.838. The number of benzene rings is 1. The van der Waals surface area contributed by atoms with E-state index in [0.29, 0.717) is 19.0 Å². The summed E-state index contributed by atoms with van der Waals surface area (Å²) in [7, 11) is 0. The first-order valence-electron chi connectivity index (χ1n) is 7.52. The van der Waals surface area contributed by atoms with Crippen LogP contribution in [0, 0.1) is 0 Å². The molecule has 0 aromatic heterocycles. The fourth-order valence-electron chi connectivity index (χ4n) is 2.72. The maximum absolute atomic E-state index is 11.9. The van der Waals surface area contributed by atoms with Crippen LogP contribution < -0.4 is 11.1 Å². The minimum atomic E-state index is 0.0948. The van der Waals surface area contributed by atoms with Crippen LogP contribution in [0.25, 0.3) is 0 Å². The first-order chi connectivity index (χ1) is 9.69. The Bertz CT molecular complexity index is 430. The van der Waals surface area contributed by atoms with Gasteiger partial charge in [-0.15, -0.1) is 0 Å². The van der Waals surface area contributed by atoms with E-state index in [1.165, 1.54) is 19.4 Å². The number of carbonyl (C=O) groups excluding carboxylic acids is 1. The van der Waals surface area contributed by atoms with Gasteiger partial charge in [0.15, 0.2) is 0 Å². The van der Waals surface area contributed by atoms with E-state index in [-0.39, 0.29) is 5.91 Å². The monoisotopic (exact) mass is 275 g/mol. The molecule has 1 saturated heterocycles. The van der Waals surface area contributed by atoms with Crippen LogP contribution in [0.4, 0.5) is 5.69 Å². The highest BCUT2D eigenvalue weighted by atomic mass is 16.1. The Labute approximate surface area is 121 Å². The second-order valence-corrected chi connectivity index (χ2v) is 5.58. The van der Waals surface area contributed by atoms with Gasteiger partial charge in [0, 0.05) is 24.7 Å². The number of nitrogens with one attached hydrogen (secondary N) is 1. The normalized spacial score (nSPS) is 19.2. The first-order valence-corrected chi connectivity index (χ1v) is 7.52. The summed E-state index contributed by atoms with van der Waals surface area (Å²) in [5.41, 5.74) is 7.47. The molecule has 0 aliphatic carbocycles. The number of anilines is 1. The standard InChI is InChI=1S/C16H25N3O/c1-13-4-2-10-19(13)11-3-5-16(20)18-15-8-6-14(12-17)7-9-15/h6-9,13H,2-5,10-12,17H2,1H3,(H,18,20). The zero-order valence-corrected chi connectivity index (χ0v) is 12.3. The lowest BCUT2D eigenvalue weighted by molar-refractivity contribution is -0.116. The topological polar surface area (TPSA) is 58.4 Å². The molecule has 0 spiro atoms. The lowest BCUT2D eigenvalue weighted by atomic mass is 10.2. The van der Waals surface area contributed by atoms with Gasteiger partial charge in [-0.05, 0) is 57.0 Å². The SMILES string of the molecule is CC1CCCN1CCCC(=O)Nc1ccc(CN)cc1. The number of amides is 1. The summed E-state index contributed by atoms with van der Waals surface area (Å²) in [6.45, 7) is 5.01. The third-order valence-corrected chi connectivity index (χ3v) is 4.01. The van der Waals surface area contributed by atoms with Crippen LogP contribution in [-0.4, -0.2) is 29.9 Å². The first kappa shape index (κ1) is 15.0. The highest BCUT2D eigenvalue weighted by Gasteiger charge is 2.19. The van der Waals surface area contributed by atoms with Gasteiger partial charge in [0.1, 0.15) is 0 Å². The third-order valence-electron chi connectivity index (χ3n) is 4.01. The summed E-state index contributed by atoms with van der Waals surface area (Å²) in [4.78, 5) is 14.3. The molecule has 1 aromatic rings. The Hall–Kier alpha value is -1.39. The van der Waals surface area contributed by atoms with Crippen LogP contribution >= 0.6 is 0 Å². The zero-order valence-electron chi connectivity index (χ0n) is 12.3. The molecule has 1 fully saturated rings. The zero-order chi connectivity index (χ0) is 14.4. The molecular weight excluding hydrogens is 250 g/mol. The highest BCUT2D eigenvalue weighted by Crippen LogP contribution is 2.17. The van der Waals surface area contributed by atoms with Crippen molar-refractivity contribution in [2.24, 2.45) is 5.73 Å². The Balaban J connectivity index is 1.69. The Morgan fingerprint density at radius 3 is 2.75 bits per heavy atom. The number of nitrogens with two attached hydrogens (primary N) is 1. The average Bonchev–Trinajstić information content (AvgIpc) is 2.85. The molecule has 2 rings (SSSR count). The molecule has 1 atom stereocenters. The number of hydrogen-bond donors (Lipinski definition) is 2. The van der Waals surface area contributed by atoms with Gasteiger partial charge in [0.05, 0.1) is 0 Å². The van der Waals surface area contributed by atoms with E-state index in [1.807, 2.05) is 24.3 Å². The molecule has 4 nitrogen and oxygen atoms in total. The molecule has 1 heterocycles. The van der Waals surface area contributed by atoms with Crippen molar-refractivity contribution >= 4 is 11.6 Å². The Morgan fingerprint density at radius 1 is 1.40 bits per heavy atom. The molecule has 1 amide bonds. The fourth-order valence-corrected chi connectivity index (χ4v) is 2.72. The van der Waals surface area contributed by atoms with Crippen molar-refractivity contribution in [3.63, 3.8) is 0 Å². The van der Waals surface area contributed by atoms with E-state index in [1.54, 1.807) is 0 Å². The van der Waals surface area contributed by atoms with Gasteiger partial charge in [0.25, 0.3) is 0 Å². The predicted molar refractivity (Wildman–Crippen MR) is 82.5 cm³/mol. The van der Waals surface area contributed by atoms with Gasteiger partial charge >= 0.3 is 0 Å². The maximum Gasteiger partial charge on any atom is 0.224 e. The molecule has 0 bridgehead atoms. The maximum atomic E-state index is 11.9. The third kappa shape index (κ3) is 4.32. The number of carbonyl (C=O) groups is 1. The summed E-state index contributed by atoms with van der Waals surface area (Å²) in [6, 6.07) is 8.38. The van der Waals surface area contributed by atoms with Crippen LogP contribution in [0.5, 0.6) is 0 Å². The van der Waals surface area contributed by atoms with Gasteiger partial charge in [-0.2, -0.15) is 0 Å². The molecule has 1 aromatic carbocycles. The van der Waals surface area contributed by atoms with Gasteiger partial charge in [-0.3, -0.25) is 4.79 Å². The van der Waals surface area contributed by atoms with Gasteiger partial charge in [-0.1, -0.05) is 12.1 Å². The van der Waals surface area contributed by atoms with E-state index in [0.717, 1.165) is 24.2 Å². The van der Waals surface area contributed by atoms with Crippen molar-refractivity contribution in [1.29, 1.82) is 0 Å². The fraction of sp³-hybridized carbons (Fsp3) is 0.562. The van der Waals surface area contributed by atoms with E-state index >= 15 is 0 Å². The molecule has 1 unspecified atom stereocenters. The van der Waals surface area contributed by atoms with E-state index < -0.39 is 0 Å². The number of likely N-dealkylation sites (tertiary alicyclic amines) is 1. The van der Waals surface area contributed by atoms with Crippen molar-refractivity contribution in [3.05, 3.63) is 29.8 Å². The average molecular weight is 275 g/mol. The number of hydrogen-bond acceptors (Lipinski definition) is 3. The lowest BCUT2D eigenvalue weighted by Gasteiger charge is -2.20. The van der Waals surface area contributed by atoms with Gasteiger partial charge in [0.2, 0.25) is 5.91 Å². The predicted octanol–water partition coefficient (Wildman–Crippen LogP) is 2.35. The molecule has 4 heteroatoms. The summed E-state index contributed by atoms with van der Waals surface area (Å²) < 4.78 is 0. The molecule has 20 heavy (non-hydrogen) atoms. The summed E-state index contributed by atoms with van der Waals surface area (Å²) in [6.07, 6.45) is 4.10. The van der Waals surface area contributed by atoms with Crippen molar-refractivity contribution < 1.29 is 4.79 Å². The molecular formula is C16H25N3O. The minimum Gasteiger partial charge on any atom is -0.326 e. The molecule has 0 radical (unpaired) electrons. The molecule has 110 valence electrons. The highest BCUT2D eigenvalue weighted by molar-refractivity contribution is 5.90. The second-order valence-electron chi connectivity index (χ2n) is 5.58. The van der Waals surface area contributed by atoms with E-state index in [9.17, 15) is 4.79 Å². The number of nitrogens with zero attached hydrogens (tertiary/aromatic N) is 1. The van der Waals surface area contributed by atoms with Crippen LogP contribution in [-0.2, 0) is 11.3 Å². The van der Waals surface area contributed by atoms with Crippen molar-refractivity contribution in [3.8, 4) is 0 Å². The van der Waals surface area contributed by atoms with Crippen molar-refractivity contribution in [2.45, 2.75) is 45.2 Å². The summed E-state index contributed by atoms with van der Waals surface area (Å²) >= 11 is 0. The summed E-state index contributed by atoms with van der Waals surface area (Å²) in [5.74, 6) is 0.0948. The number of rotatable bonds is 6. The Kier molecular flexibility index (Phi) is 5.56. The molecule has 3 N–H and O–H groups in total. The van der Waals surface area contributed by atoms with Gasteiger partial charge in [-0.25, -0.2) is 0 Å². The van der Waals surface area contributed by atoms with Crippen LogP contribution in [0.1, 0.15) is 38.2 Å². The Morgan fingerprint density at radius 2 is 2.15 bits per heavy atom. The largest absolute Gasteiger partial charge is 0.326 e. The molecule has 1 aliphatic rings. The van der Waals surface area contributed by atoms with E-state index in [2.05, 4.69) is 17.1 Å². The van der Waals surface area contributed by atoms with Crippen LogP contribution in [0.3, 0.4) is 0 Å². The summed E-state index contributed by atoms with van der Waals surface area (Å²) in [5, 5.41) is 2.93. The minimum absolute atomic E-state index is 0.0948. The van der Waals surface area contributed by atoms with Crippen LogP contribution in [0.15, 0.2) is 24.3 Å². The second kappa shape index (κ2) is 7.41. The van der Waals surface area contributed by atoms with Crippen LogP contribution in [0.2, 0.25) is 0 Å². The lowest BCUT2D eigenvalue weighted by Crippen LogP contribution is -2.28. The van der Waals surface area contributed by atoms with Gasteiger partial charge < -0.3 is 16.0 Å². The van der Waals surface area contributed by atoms with Crippen molar-refractivity contribution in [1.82, 2.24) is 4.90 Å². The van der Waals surface area contributed by atoms with E-state index in [4.69, 9.17) is 5.73 Å². The van der Waals surface area contributed by atoms with Crippen molar-refractivity contribution in [2.75, 3.05) is 18.4 Å². The molecule has 1 aliphatic heterocycles.